The molecule has 0 bridgehead atoms. The molecule has 4 heteroatoms. The van der Waals surface area contributed by atoms with Crippen molar-refractivity contribution in [2.75, 3.05) is 0 Å². The Morgan fingerprint density at radius 2 is 1.58 bits per heavy atom. The summed E-state index contributed by atoms with van der Waals surface area (Å²) in [5.74, 6) is 0. The summed E-state index contributed by atoms with van der Waals surface area (Å²) in [6, 6.07) is 20.7. The smallest absolute Gasteiger partial charge is 0.170 e. The monoisotopic (exact) mass is 377 g/mol. The Balaban J connectivity index is 2.00. The minimum Gasteiger partial charge on any atom is -0.233 e. The highest BCUT2D eigenvalue weighted by atomic mass is 79.9. The summed E-state index contributed by atoms with van der Waals surface area (Å²) in [5, 5.41) is 4.84. The summed E-state index contributed by atoms with van der Waals surface area (Å²) < 4.78 is 2.84. The van der Waals surface area contributed by atoms with Crippen LogP contribution >= 0.6 is 15.9 Å². The van der Waals surface area contributed by atoms with Crippen molar-refractivity contribution in [2.24, 2.45) is 0 Å². The molecule has 0 unspecified atom stereocenters. The van der Waals surface area contributed by atoms with Crippen LogP contribution < -0.4 is 0 Å². The van der Waals surface area contributed by atoms with Crippen LogP contribution in [0.2, 0.25) is 0 Å². The summed E-state index contributed by atoms with van der Waals surface area (Å²) in [7, 11) is 0. The highest BCUT2D eigenvalue weighted by molar-refractivity contribution is 9.10. The summed E-state index contributed by atoms with van der Waals surface area (Å²) >= 11 is 3.70. The Labute approximate surface area is 149 Å². The zero-order valence-electron chi connectivity index (χ0n) is 13.5. The number of hydrogen-bond donors (Lipinski definition) is 0. The molecule has 4 aromatic rings. The number of halogens is 1. The molecule has 3 nitrogen and oxygen atoms in total. The molecule has 0 saturated carbocycles. The molecule has 0 spiro atoms. The lowest BCUT2D eigenvalue weighted by Gasteiger charge is -2.06. The van der Waals surface area contributed by atoms with Crippen LogP contribution in [0.5, 0.6) is 0 Å². The van der Waals surface area contributed by atoms with Crippen molar-refractivity contribution in [3.8, 4) is 22.5 Å². The van der Waals surface area contributed by atoms with Crippen molar-refractivity contribution in [3.63, 3.8) is 0 Å². The van der Waals surface area contributed by atoms with Crippen molar-refractivity contribution in [3.05, 3.63) is 76.4 Å². The van der Waals surface area contributed by atoms with E-state index in [1.807, 2.05) is 29.6 Å². The van der Waals surface area contributed by atoms with Crippen molar-refractivity contribution >= 4 is 21.6 Å². The second kappa shape index (κ2) is 5.87. The number of aromatic nitrogens is 3. The first-order chi connectivity index (χ1) is 11.6. The highest BCUT2D eigenvalue weighted by Gasteiger charge is 2.17. The lowest BCUT2D eigenvalue weighted by Crippen LogP contribution is -1.98. The Bertz CT molecular complexity index is 1020. The van der Waals surface area contributed by atoms with E-state index in [-0.39, 0.29) is 0 Å². The topological polar surface area (TPSA) is 30.2 Å². The Hall–Kier alpha value is -2.46. The third-order valence-corrected chi connectivity index (χ3v) is 4.79. The van der Waals surface area contributed by atoms with Crippen LogP contribution in [0.4, 0.5) is 0 Å². The zero-order chi connectivity index (χ0) is 16.7. The van der Waals surface area contributed by atoms with Crippen LogP contribution in [0.1, 0.15) is 11.3 Å². The van der Waals surface area contributed by atoms with E-state index in [0.717, 1.165) is 38.3 Å². The fourth-order valence-electron chi connectivity index (χ4n) is 2.82. The van der Waals surface area contributed by atoms with Gasteiger partial charge in [-0.1, -0.05) is 60.2 Å². The lowest BCUT2D eigenvalue weighted by atomic mass is 10.1. The summed E-state index contributed by atoms with van der Waals surface area (Å²) in [6.45, 7) is 4.10. The van der Waals surface area contributed by atoms with Crippen LogP contribution in [-0.2, 0) is 0 Å². The molecule has 2 aromatic carbocycles. The van der Waals surface area contributed by atoms with Crippen molar-refractivity contribution in [2.45, 2.75) is 13.8 Å². The van der Waals surface area contributed by atoms with Crippen LogP contribution in [0.15, 0.2) is 65.1 Å². The first-order valence-corrected chi connectivity index (χ1v) is 8.61. The SMILES string of the molecule is Cc1ccc(-c2nn3c(-c4ccccc4)cc(C)nc3c2Br)cc1. The van der Waals surface area contributed by atoms with E-state index in [1.54, 1.807) is 0 Å². The van der Waals surface area contributed by atoms with Gasteiger partial charge >= 0.3 is 0 Å². The van der Waals surface area contributed by atoms with Crippen LogP contribution in [0.3, 0.4) is 0 Å². The molecule has 0 aliphatic carbocycles. The molecule has 0 N–H and O–H groups in total. The number of aryl methyl sites for hydroxylation is 2. The molecule has 24 heavy (non-hydrogen) atoms. The summed E-state index contributed by atoms with van der Waals surface area (Å²) in [4.78, 5) is 4.68. The maximum Gasteiger partial charge on any atom is 0.170 e. The van der Waals surface area contributed by atoms with E-state index < -0.39 is 0 Å². The van der Waals surface area contributed by atoms with Gasteiger partial charge in [-0.15, -0.1) is 0 Å². The van der Waals surface area contributed by atoms with Gasteiger partial charge in [-0.2, -0.15) is 5.10 Å². The largest absolute Gasteiger partial charge is 0.233 e. The quantitative estimate of drug-likeness (QED) is 0.465. The molecule has 0 aliphatic rings. The molecule has 0 radical (unpaired) electrons. The number of benzene rings is 2. The average Bonchev–Trinajstić information content (AvgIpc) is 2.93. The van der Waals surface area contributed by atoms with E-state index >= 15 is 0 Å². The Morgan fingerprint density at radius 3 is 2.29 bits per heavy atom. The van der Waals surface area contributed by atoms with Crippen molar-refractivity contribution in [1.82, 2.24) is 14.6 Å². The zero-order valence-corrected chi connectivity index (χ0v) is 15.1. The minimum atomic E-state index is 0.837. The molecule has 0 fully saturated rings. The van der Waals surface area contributed by atoms with Crippen molar-refractivity contribution < 1.29 is 0 Å². The van der Waals surface area contributed by atoms with Gasteiger partial charge in [0.1, 0.15) is 5.69 Å². The molecule has 0 aliphatic heterocycles. The van der Waals surface area contributed by atoms with Gasteiger partial charge in [0.2, 0.25) is 0 Å². The van der Waals surface area contributed by atoms with E-state index in [2.05, 4.69) is 70.3 Å². The molecule has 0 atom stereocenters. The van der Waals surface area contributed by atoms with Gasteiger partial charge in [-0.3, -0.25) is 0 Å². The molecular formula is C20H16BrN3. The van der Waals surface area contributed by atoms with Gasteiger partial charge in [0, 0.05) is 16.8 Å². The highest BCUT2D eigenvalue weighted by Crippen LogP contribution is 2.33. The summed E-state index contributed by atoms with van der Waals surface area (Å²) in [5.41, 5.74) is 7.19. The average molecular weight is 378 g/mol. The van der Waals surface area contributed by atoms with Gasteiger partial charge < -0.3 is 0 Å². The first kappa shape index (κ1) is 15.1. The Kier molecular flexibility index (Phi) is 3.69. The van der Waals surface area contributed by atoms with Gasteiger partial charge in [0.15, 0.2) is 5.65 Å². The molecule has 2 aromatic heterocycles. The van der Waals surface area contributed by atoms with E-state index in [1.165, 1.54) is 5.56 Å². The molecule has 118 valence electrons. The number of fused-ring (bicyclic) bond motifs is 1. The number of hydrogen-bond acceptors (Lipinski definition) is 2. The normalized spacial score (nSPS) is 11.1. The lowest BCUT2D eigenvalue weighted by molar-refractivity contribution is 0.941. The maximum atomic E-state index is 4.84. The summed E-state index contributed by atoms with van der Waals surface area (Å²) in [6.07, 6.45) is 0. The minimum absolute atomic E-state index is 0.837. The third kappa shape index (κ3) is 2.53. The van der Waals surface area contributed by atoms with Gasteiger partial charge in [0.05, 0.1) is 10.2 Å². The van der Waals surface area contributed by atoms with Gasteiger partial charge in [0.25, 0.3) is 0 Å². The molecule has 0 amide bonds. The molecular weight excluding hydrogens is 362 g/mol. The number of rotatable bonds is 2. The van der Waals surface area contributed by atoms with Crippen LogP contribution in [0, 0.1) is 13.8 Å². The van der Waals surface area contributed by atoms with Crippen molar-refractivity contribution in [1.29, 1.82) is 0 Å². The molecule has 0 saturated heterocycles. The first-order valence-electron chi connectivity index (χ1n) is 7.82. The van der Waals surface area contributed by atoms with Gasteiger partial charge in [-0.25, -0.2) is 9.50 Å². The third-order valence-electron chi connectivity index (χ3n) is 4.06. The Morgan fingerprint density at radius 1 is 0.875 bits per heavy atom. The van der Waals surface area contributed by atoms with E-state index in [0.29, 0.717) is 0 Å². The fraction of sp³-hybridized carbons (Fsp3) is 0.100. The molecule has 4 rings (SSSR count). The van der Waals surface area contributed by atoms with Crippen LogP contribution in [0.25, 0.3) is 28.2 Å². The second-order valence-electron chi connectivity index (χ2n) is 5.91. The van der Waals surface area contributed by atoms with Crippen LogP contribution in [-0.4, -0.2) is 14.6 Å². The van der Waals surface area contributed by atoms with Gasteiger partial charge in [-0.05, 0) is 35.8 Å². The predicted octanol–water partition coefficient (Wildman–Crippen LogP) is 5.44. The second-order valence-corrected chi connectivity index (χ2v) is 6.71. The predicted molar refractivity (Wildman–Crippen MR) is 101 cm³/mol. The van der Waals surface area contributed by atoms with E-state index in [4.69, 9.17) is 5.10 Å². The molecule has 2 heterocycles. The van der Waals surface area contributed by atoms with E-state index in [9.17, 15) is 0 Å². The number of nitrogens with zero attached hydrogens (tertiary/aromatic N) is 3. The maximum absolute atomic E-state index is 4.84. The fourth-order valence-corrected chi connectivity index (χ4v) is 3.39. The standard InChI is InChI=1S/C20H16BrN3/c1-13-8-10-16(11-9-13)19-18(21)20-22-14(2)12-17(24(20)23-19)15-6-4-3-5-7-15/h3-12H,1-2H3.